The third kappa shape index (κ3) is 10.5. The van der Waals surface area contributed by atoms with E-state index in [-0.39, 0.29) is 0 Å². The van der Waals surface area contributed by atoms with Gasteiger partial charge in [-0.15, -0.1) is 0 Å². The van der Waals surface area contributed by atoms with E-state index in [1.807, 2.05) is 24.3 Å². The van der Waals surface area contributed by atoms with Crippen LogP contribution < -0.4 is 10.2 Å². The SMILES string of the molecule is CCCCCCCCCCCCCCOc1ccccc1NOC. The molecular formula is C21H37NO2. The molecule has 0 aromatic heterocycles. The van der Waals surface area contributed by atoms with Gasteiger partial charge in [-0.25, -0.2) is 0 Å². The van der Waals surface area contributed by atoms with Crippen LogP contribution in [0.4, 0.5) is 5.69 Å². The minimum absolute atomic E-state index is 0.778. The van der Waals surface area contributed by atoms with Crippen LogP contribution >= 0.6 is 0 Å². The maximum absolute atomic E-state index is 5.84. The Bertz CT molecular complexity index is 395. The molecule has 0 aliphatic carbocycles. The van der Waals surface area contributed by atoms with Gasteiger partial charge in [0.2, 0.25) is 0 Å². The smallest absolute Gasteiger partial charge is 0.144 e. The minimum atomic E-state index is 0.778. The second-order valence-corrected chi connectivity index (χ2v) is 6.54. The van der Waals surface area contributed by atoms with Gasteiger partial charge in [0.1, 0.15) is 11.4 Å². The quantitative estimate of drug-likeness (QED) is 0.268. The fourth-order valence-electron chi connectivity index (χ4n) is 2.91. The Morgan fingerprint density at radius 3 is 1.88 bits per heavy atom. The van der Waals surface area contributed by atoms with Crippen LogP contribution in [0.5, 0.6) is 5.75 Å². The van der Waals surface area contributed by atoms with Crippen molar-refractivity contribution in [1.29, 1.82) is 0 Å². The molecule has 0 spiro atoms. The standard InChI is InChI=1S/C21H37NO2/c1-3-4-5-6-7-8-9-10-11-12-13-16-19-24-21-18-15-14-17-20(21)22-23-2/h14-15,17-18,22H,3-13,16,19H2,1-2H3. The lowest BCUT2D eigenvalue weighted by atomic mass is 10.1. The number of nitrogens with one attached hydrogen (secondary N) is 1. The topological polar surface area (TPSA) is 30.5 Å². The summed E-state index contributed by atoms with van der Waals surface area (Å²) < 4.78 is 5.84. The molecule has 0 amide bonds. The highest BCUT2D eigenvalue weighted by Crippen LogP contribution is 2.23. The Morgan fingerprint density at radius 1 is 0.750 bits per heavy atom. The Morgan fingerprint density at radius 2 is 1.29 bits per heavy atom. The highest BCUT2D eigenvalue weighted by Gasteiger charge is 2.01. The van der Waals surface area contributed by atoms with Gasteiger partial charge in [-0.2, -0.15) is 0 Å². The maximum atomic E-state index is 5.84. The predicted octanol–water partition coefficient (Wildman–Crippen LogP) is 6.74. The molecule has 0 radical (unpaired) electrons. The van der Waals surface area contributed by atoms with Crippen molar-refractivity contribution in [2.45, 2.75) is 84.0 Å². The molecule has 1 aromatic rings. The molecule has 0 fully saturated rings. The van der Waals surface area contributed by atoms with Crippen LogP contribution in [-0.2, 0) is 4.84 Å². The molecule has 0 saturated heterocycles. The molecule has 0 saturated carbocycles. The number of rotatable bonds is 16. The second kappa shape index (κ2) is 15.3. The molecule has 0 aliphatic heterocycles. The number of para-hydroxylation sites is 2. The summed E-state index contributed by atoms with van der Waals surface area (Å²) in [5.41, 5.74) is 3.74. The highest BCUT2D eigenvalue weighted by atomic mass is 16.6. The van der Waals surface area contributed by atoms with Crippen molar-refractivity contribution in [3.05, 3.63) is 24.3 Å². The summed E-state index contributed by atoms with van der Waals surface area (Å²) in [6.45, 7) is 3.06. The molecule has 3 heteroatoms. The van der Waals surface area contributed by atoms with E-state index in [0.29, 0.717) is 0 Å². The molecule has 1 N–H and O–H groups in total. The van der Waals surface area contributed by atoms with Crippen LogP contribution in [0.3, 0.4) is 0 Å². The Kier molecular flexibility index (Phi) is 13.3. The lowest BCUT2D eigenvalue weighted by molar-refractivity contribution is 0.262. The zero-order chi connectivity index (χ0) is 17.3. The average molecular weight is 336 g/mol. The number of unbranched alkanes of at least 4 members (excludes halogenated alkanes) is 11. The molecule has 138 valence electrons. The predicted molar refractivity (Wildman–Crippen MR) is 104 cm³/mol. The van der Waals surface area contributed by atoms with E-state index in [1.54, 1.807) is 7.11 Å². The van der Waals surface area contributed by atoms with Crippen molar-refractivity contribution in [2.24, 2.45) is 0 Å². The van der Waals surface area contributed by atoms with Crippen LogP contribution in [0, 0.1) is 0 Å². The van der Waals surface area contributed by atoms with Crippen LogP contribution in [0.1, 0.15) is 84.0 Å². The first kappa shape index (κ1) is 20.8. The van der Waals surface area contributed by atoms with Crippen molar-refractivity contribution in [2.75, 3.05) is 19.2 Å². The van der Waals surface area contributed by atoms with E-state index in [4.69, 9.17) is 9.57 Å². The molecule has 0 heterocycles. The van der Waals surface area contributed by atoms with Gasteiger partial charge in [0.25, 0.3) is 0 Å². The summed E-state index contributed by atoms with van der Waals surface area (Å²) in [5.74, 6) is 0.863. The Balaban J connectivity index is 1.90. The highest BCUT2D eigenvalue weighted by molar-refractivity contribution is 5.54. The summed E-state index contributed by atoms with van der Waals surface area (Å²) in [5, 5.41) is 0. The number of benzene rings is 1. The first-order chi connectivity index (χ1) is 11.9. The Labute approximate surface area is 149 Å². The zero-order valence-electron chi connectivity index (χ0n) is 15.8. The van der Waals surface area contributed by atoms with Crippen LogP contribution in [0.2, 0.25) is 0 Å². The molecule has 0 atom stereocenters. The van der Waals surface area contributed by atoms with Crippen molar-refractivity contribution in [3.63, 3.8) is 0 Å². The molecule has 0 aliphatic rings. The molecule has 1 aromatic carbocycles. The molecular weight excluding hydrogens is 298 g/mol. The first-order valence-corrected chi connectivity index (χ1v) is 9.89. The van der Waals surface area contributed by atoms with E-state index in [1.165, 1.54) is 70.6 Å². The maximum Gasteiger partial charge on any atom is 0.144 e. The third-order valence-corrected chi connectivity index (χ3v) is 4.35. The fourth-order valence-corrected chi connectivity index (χ4v) is 2.91. The number of anilines is 1. The van der Waals surface area contributed by atoms with E-state index in [9.17, 15) is 0 Å². The molecule has 24 heavy (non-hydrogen) atoms. The van der Waals surface area contributed by atoms with Crippen LogP contribution in [0.25, 0.3) is 0 Å². The average Bonchev–Trinajstić information content (AvgIpc) is 2.60. The van der Waals surface area contributed by atoms with E-state index in [2.05, 4.69) is 12.4 Å². The van der Waals surface area contributed by atoms with Crippen LogP contribution in [-0.4, -0.2) is 13.7 Å². The molecule has 1 rings (SSSR count). The summed E-state index contributed by atoms with van der Waals surface area (Å²) in [6.07, 6.45) is 16.4. The van der Waals surface area contributed by atoms with Gasteiger partial charge in [0.15, 0.2) is 0 Å². The first-order valence-electron chi connectivity index (χ1n) is 9.89. The van der Waals surface area contributed by atoms with Gasteiger partial charge in [0.05, 0.1) is 13.7 Å². The van der Waals surface area contributed by atoms with Gasteiger partial charge in [0, 0.05) is 0 Å². The van der Waals surface area contributed by atoms with E-state index in [0.717, 1.165) is 24.5 Å². The lowest BCUT2D eigenvalue weighted by Gasteiger charge is -2.11. The summed E-state index contributed by atoms with van der Waals surface area (Å²) in [6, 6.07) is 7.89. The second-order valence-electron chi connectivity index (χ2n) is 6.54. The van der Waals surface area contributed by atoms with E-state index >= 15 is 0 Å². The lowest BCUT2D eigenvalue weighted by Crippen LogP contribution is -2.02. The largest absolute Gasteiger partial charge is 0.491 e. The monoisotopic (exact) mass is 335 g/mol. The summed E-state index contributed by atoms with van der Waals surface area (Å²) >= 11 is 0. The van der Waals surface area contributed by atoms with Gasteiger partial charge < -0.3 is 4.74 Å². The van der Waals surface area contributed by atoms with Crippen molar-refractivity contribution < 1.29 is 9.57 Å². The third-order valence-electron chi connectivity index (χ3n) is 4.35. The Hall–Kier alpha value is -1.22. The minimum Gasteiger partial charge on any atom is -0.491 e. The molecule has 0 unspecified atom stereocenters. The van der Waals surface area contributed by atoms with E-state index < -0.39 is 0 Å². The fraction of sp³-hybridized carbons (Fsp3) is 0.714. The van der Waals surface area contributed by atoms with Gasteiger partial charge in [-0.1, -0.05) is 89.7 Å². The van der Waals surface area contributed by atoms with Crippen molar-refractivity contribution in [3.8, 4) is 5.75 Å². The zero-order valence-corrected chi connectivity index (χ0v) is 15.8. The van der Waals surface area contributed by atoms with Crippen LogP contribution in [0.15, 0.2) is 24.3 Å². The van der Waals surface area contributed by atoms with Crippen molar-refractivity contribution >= 4 is 5.69 Å². The summed E-state index contributed by atoms with van der Waals surface area (Å²) in [7, 11) is 1.61. The molecule has 0 bridgehead atoms. The van der Waals surface area contributed by atoms with Gasteiger partial charge in [-0.05, 0) is 18.6 Å². The van der Waals surface area contributed by atoms with Gasteiger partial charge >= 0.3 is 0 Å². The van der Waals surface area contributed by atoms with Crippen molar-refractivity contribution in [1.82, 2.24) is 0 Å². The summed E-state index contributed by atoms with van der Waals surface area (Å²) in [4.78, 5) is 4.96. The molecule has 3 nitrogen and oxygen atoms in total. The number of ether oxygens (including phenoxy) is 1. The normalized spacial score (nSPS) is 10.8. The van der Waals surface area contributed by atoms with Gasteiger partial charge in [-0.3, -0.25) is 10.3 Å². The number of hydrogen-bond acceptors (Lipinski definition) is 3. The number of hydrogen-bond donors (Lipinski definition) is 1.